The molecule has 112 valence electrons. The average molecular weight is 329 g/mol. The molecule has 1 aromatic carbocycles. The largest absolute Gasteiger partial charge is 0.465 e. The minimum Gasteiger partial charge on any atom is -0.465 e. The van der Waals surface area contributed by atoms with Crippen LogP contribution in [0.25, 0.3) is 0 Å². The van der Waals surface area contributed by atoms with Crippen molar-refractivity contribution < 1.29 is 22.3 Å². The van der Waals surface area contributed by atoms with E-state index in [1.807, 2.05) is 0 Å². The van der Waals surface area contributed by atoms with Crippen LogP contribution in [0.5, 0.6) is 0 Å². The van der Waals surface area contributed by atoms with Gasteiger partial charge in [0.1, 0.15) is 10.7 Å². The number of benzene rings is 1. The first kappa shape index (κ1) is 15.5. The number of anilines is 1. The zero-order valence-corrected chi connectivity index (χ0v) is 12.8. The quantitative estimate of drug-likeness (QED) is 0.876. The molecule has 1 heterocycles. The van der Waals surface area contributed by atoms with Crippen molar-refractivity contribution >= 4 is 33.0 Å². The van der Waals surface area contributed by atoms with E-state index >= 15 is 0 Å². The van der Waals surface area contributed by atoms with Gasteiger partial charge in [0.15, 0.2) is 0 Å². The Morgan fingerprint density at radius 2 is 2.05 bits per heavy atom. The molecule has 0 radical (unpaired) electrons. The highest BCUT2D eigenvalue weighted by atomic mass is 32.2. The van der Waals surface area contributed by atoms with E-state index in [9.17, 15) is 17.6 Å². The van der Waals surface area contributed by atoms with Crippen molar-refractivity contribution in [3.63, 3.8) is 0 Å². The summed E-state index contributed by atoms with van der Waals surface area (Å²) in [6, 6.07) is 4.93. The molecule has 1 N–H and O–H groups in total. The number of nitrogens with one attached hydrogen (secondary N) is 1. The lowest BCUT2D eigenvalue weighted by Gasteiger charge is -2.10. The molecule has 2 rings (SSSR count). The number of aryl methyl sites for hydroxylation is 1. The molecule has 0 aliphatic rings. The van der Waals surface area contributed by atoms with Crippen LogP contribution in [0.4, 0.5) is 10.1 Å². The summed E-state index contributed by atoms with van der Waals surface area (Å²) in [6.45, 7) is 1.56. The van der Waals surface area contributed by atoms with E-state index in [2.05, 4.69) is 9.46 Å². The van der Waals surface area contributed by atoms with Gasteiger partial charge in [0, 0.05) is 0 Å². The Hall–Kier alpha value is -1.93. The third kappa shape index (κ3) is 3.22. The fourth-order valence-corrected chi connectivity index (χ4v) is 3.86. The summed E-state index contributed by atoms with van der Waals surface area (Å²) in [4.78, 5) is 11.5. The fourth-order valence-electron chi connectivity index (χ4n) is 1.70. The van der Waals surface area contributed by atoms with Crippen LogP contribution in [0.2, 0.25) is 0 Å². The first-order chi connectivity index (χ1) is 9.85. The van der Waals surface area contributed by atoms with Crippen molar-refractivity contribution in [2.75, 3.05) is 11.8 Å². The van der Waals surface area contributed by atoms with Gasteiger partial charge < -0.3 is 4.74 Å². The molecule has 0 saturated heterocycles. The summed E-state index contributed by atoms with van der Waals surface area (Å²) in [7, 11) is -2.79. The molecule has 5 nitrogen and oxygen atoms in total. The topological polar surface area (TPSA) is 72.5 Å². The molecule has 0 atom stereocenters. The molecule has 0 saturated carbocycles. The number of hydrogen-bond donors (Lipinski definition) is 1. The minimum absolute atomic E-state index is 0.107. The van der Waals surface area contributed by atoms with Crippen molar-refractivity contribution in [3.05, 3.63) is 45.9 Å². The number of halogens is 1. The van der Waals surface area contributed by atoms with E-state index in [0.717, 1.165) is 17.4 Å². The van der Waals surface area contributed by atoms with Gasteiger partial charge >= 0.3 is 5.97 Å². The van der Waals surface area contributed by atoms with Crippen molar-refractivity contribution in [1.29, 1.82) is 0 Å². The maximum atomic E-state index is 13.3. The van der Waals surface area contributed by atoms with Crippen molar-refractivity contribution in [2.45, 2.75) is 11.8 Å². The molecule has 0 aliphatic heterocycles. The number of sulfonamides is 1. The maximum absolute atomic E-state index is 13.3. The standard InChI is InChI=1S/C13H12FNO4S2/c1-8-3-4-9(14)7-11(8)21(17,18)15-10-5-6-20-12(10)13(16)19-2/h3-7,15H,1-2H3. The molecule has 21 heavy (non-hydrogen) atoms. The number of carbonyl (C=O) groups is 1. The number of rotatable bonds is 4. The summed E-state index contributed by atoms with van der Waals surface area (Å²) < 4.78 is 44.7. The van der Waals surface area contributed by atoms with Gasteiger partial charge in [-0.15, -0.1) is 11.3 Å². The molecule has 0 bridgehead atoms. The van der Waals surface area contributed by atoms with Crippen LogP contribution < -0.4 is 4.72 Å². The number of ether oxygens (including phenoxy) is 1. The maximum Gasteiger partial charge on any atom is 0.350 e. The highest BCUT2D eigenvalue weighted by Gasteiger charge is 2.22. The molecule has 1 aromatic heterocycles. The third-order valence-corrected chi connectivity index (χ3v) is 5.12. The van der Waals surface area contributed by atoms with E-state index in [1.165, 1.54) is 25.3 Å². The van der Waals surface area contributed by atoms with Crippen molar-refractivity contribution in [1.82, 2.24) is 0 Å². The number of carbonyl (C=O) groups excluding carboxylic acids is 1. The van der Waals surface area contributed by atoms with Crippen molar-refractivity contribution in [2.24, 2.45) is 0 Å². The van der Waals surface area contributed by atoms with Crippen LogP contribution in [-0.2, 0) is 14.8 Å². The molecule has 0 aliphatic carbocycles. The van der Waals surface area contributed by atoms with Gasteiger partial charge in [-0.1, -0.05) is 6.07 Å². The smallest absolute Gasteiger partial charge is 0.350 e. The van der Waals surface area contributed by atoms with Gasteiger partial charge in [-0.3, -0.25) is 4.72 Å². The van der Waals surface area contributed by atoms with Crippen molar-refractivity contribution in [3.8, 4) is 0 Å². The summed E-state index contributed by atoms with van der Waals surface area (Å²) in [5, 5.41) is 1.56. The van der Waals surface area contributed by atoms with Gasteiger partial charge in [0.2, 0.25) is 0 Å². The fraction of sp³-hybridized carbons (Fsp3) is 0.154. The Kier molecular flexibility index (Phi) is 4.29. The third-order valence-electron chi connectivity index (χ3n) is 2.72. The van der Waals surface area contributed by atoms with E-state index < -0.39 is 21.8 Å². The number of esters is 1. The molecule has 0 amide bonds. The van der Waals surface area contributed by atoms with Crippen LogP contribution in [-0.4, -0.2) is 21.5 Å². The van der Waals surface area contributed by atoms with E-state index in [0.29, 0.717) is 5.56 Å². The minimum atomic E-state index is -3.99. The zero-order chi connectivity index (χ0) is 15.6. The molecule has 2 aromatic rings. The molecule has 8 heteroatoms. The average Bonchev–Trinajstić information content (AvgIpc) is 2.87. The summed E-state index contributed by atoms with van der Waals surface area (Å²) in [5.74, 6) is -1.29. The monoisotopic (exact) mass is 329 g/mol. The first-order valence-corrected chi connectivity index (χ1v) is 8.16. The summed E-state index contributed by atoms with van der Waals surface area (Å²) >= 11 is 1.05. The molecular formula is C13H12FNO4S2. The Morgan fingerprint density at radius 1 is 1.33 bits per heavy atom. The van der Waals surface area contributed by atoms with Gasteiger partial charge in [0.25, 0.3) is 10.0 Å². The summed E-state index contributed by atoms with van der Waals surface area (Å²) in [5.41, 5.74) is 0.509. The first-order valence-electron chi connectivity index (χ1n) is 5.80. The second kappa shape index (κ2) is 5.82. The van der Waals surface area contributed by atoms with E-state index in [4.69, 9.17) is 0 Å². The predicted molar refractivity (Wildman–Crippen MR) is 77.6 cm³/mol. The van der Waals surface area contributed by atoms with Crippen LogP contribution >= 0.6 is 11.3 Å². The molecule has 0 fully saturated rings. The Balaban J connectivity index is 2.41. The van der Waals surface area contributed by atoms with E-state index in [1.54, 1.807) is 12.3 Å². The van der Waals surface area contributed by atoms with Crippen LogP contribution in [0.3, 0.4) is 0 Å². The number of hydrogen-bond acceptors (Lipinski definition) is 5. The number of thiophene rings is 1. The Bertz CT molecular complexity index is 783. The van der Waals surface area contributed by atoms with Gasteiger partial charge in [-0.25, -0.2) is 17.6 Å². The van der Waals surface area contributed by atoms with Gasteiger partial charge in [0.05, 0.1) is 17.7 Å². The lowest BCUT2D eigenvalue weighted by Crippen LogP contribution is -2.16. The van der Waals surface area contributed by atoms with E-state index in [-0.39, 0.29) is 15.5 Å². The summed E-state index contributed by atoms with van der Waals surface area (Å²) in [6.07, 6.45) is 0. The molecule has 0 spiro atoms. The van der Waals surface area contributed by atoms with Crippen LogP contribution in [0, 0.1) is 12.7 Å². The highest BCUT2D eigenvalue weighted by molar-refractivity contribution is 7.92. The Labute approximate surface area is 125 Å². The van der Waals surface area contributed by atoms with Gasteiger partial charge in [-0.05, 0) is 36.1 Å². The van der Waals surface area contributed by atoms with Crippen LogP contribution in [0.1, 0.15) is 15.2 Å². The molecule has 0 unspecified atom stereocenters. The predicted octanol–water partition coefficient (Wildman–Crippen LogP) is 2.78. The highest BCUT2D eigenvalue weighted by Crippen LogP contribution is 2.27. The lowest BCUT2D eigenvalue weighted by atomic mass is 10.2. The van der Waals surface area contributed by atoms with Crippen LogP contribution in [0.15, 0.2) is 34.5 Å². The molecular weight excluding hydrogens is 317 g/mol. The second-order valence-electron chi connectivity index (χ2n) is 4.17. The SMILES string of the molecule is COC(=O)c1sccc1NS(=O)(=O)c1cc(F)ccc1C. The second-order valence-corrected chi connectivity index (χ2v) is 6.74. The Morgan fingerprint density at radius 3 is 2.71 bits per heavy atom. The zero-order valence-electron chi connectivity index (χ0n) is 11.2. The normalized spacial score (nSPS) is 11.2. The lowest BCUT2D eigenvalue weighted by molar-refractivity contribution is 0.0607. The van der Waals surface area contributed by atoms with Gasteiger partial charge in [-0.2, -0.15) is 0 Å². The number of methoxy groups -OCH3 is 1.